The average molecular weight is 476 g/mol. The Balaban J connectivity index is 1.39. The van der Waals surface area contributed by atoms with Gasteiger partial charge < -0.3 is 20.1 Å². The molecule has 2 aromatic heterocycles. The number of nitrogens with two attached hydrogens (primary N) is 1. The van der Waals surface area contributed by atoms with Crippen molar-refractivity contribution in [3.8, 4) is 5.06 Å². The number of fused-ring (bicyclic) bond motifs is 1. The van der Waals surface area contributed by atoms with Gasteiger partial charge in [0.25, 0.3) is 5.91 Å². The summed E-state index contributed by atoms with van der Waals surface area (Å²) in [5.74, 6) is 0.439. The Morgan fingerprint density at radius 1 is 1.28 bits per heavy atom. The van der Waals surface area contributed by atoms with Crippen LogP contribution in [0.3, 0.4) is 0 Å². The highest BCUT2D eigenvalue weighted by molar-refractivity contribution is 7.17. The van der Waals surface area contributed by atoms with Crippen LogP contribution in [0.25, 0.3) is 10.9 Å². The lowest BCUT2D eigenvalue weighted by Crippen LogP contribution is -2.57. The molecule has 4 rings (SSSR count). The molecule has 1 aliphatic heterocycles. The SMILES string of the molecule is CCOC[C@H]1CN(Cc2ccc3c(N)ncnc3c2)CCN1C(=O)COc1ccc(Cl)s1. The number of benzene rings is 1. The van der Waals surface area contributed by atoms with Crippen LogP contribution in [0.2, 0.25) is 4.34 Å². The molecule has 0 aliphatic carbocycles. The maximum atomic E-state index is 12.9. The number of ether oxygens (including phenoxy) is 2. The maximum absolute atomic E-state index is 12.9. The average Bonchev–Trinajstić information content (AvgIpc) is 3.21. The van der Waals surface area contributed by atoms with E-state index in [1.165, 1.54) is 17.7 Å². The Hall–Kier alpha value is -2.46. The molecule has 0 saturated carbocycles. The molecule has 0 bridgehead atoms. The quantitative estimate of drug-likeness (QED) is 0.535. The summed E-state index contributed by atoms with van der Waals surface area (Å²) in [5.41, 5.74) is 7.91. The second kappa shape index (κ2) is 10.4. The smallest absolute Gasteiger partial charge is 0.260 e. The fraction of sp³-hybridized carbons (Fsp3) is 0.409. The highest BCUT2D eigenvalue weighted by Gasteiger charge is 2.31. The van der Waals surface area contributed by atoms with Crippen molar-refractivity contribution >= 4 is 45.6 Å². The van der Waals surface area contributed by atoms with Crippen LogP contribution in [0.4, 0.5) is 5.82 Å². The second-order valence-electron chi connectivity index (χ2n) is 7.59. The second-order valence-corrected chi connectivity index (χ2v) is 9.27. The summed E-state index contributed by atoms with van der Waals surface area (Å²) >= 11 is 7.25. The lowest BCUT2D eigenvalue weighted by Gasteiger charge is -2.41. The van der Waals surface area contributed by atoms with Crippen molar-refractivity contribution in [2.24, 2.45) is 0 Å². The lowest BCUT2D eigenvalue weighted by atomic mass is 10.1. The van der Waals surface area contributed by atoms with E-state index in [1.807, 2.05) is 24.0 Å². The van der Waals surface area contributed by atoms with Crippen molar-refractivity contribution in [2.75, 3.05) is 45.2 Å². The zero-order valence-electron chi connectivity index (χ0n) is 17.9. The topological polar surface area (TPSA) is 93.8 Å². The third-order valence-corrected chi connectivity index (χ3v) is 6.57. The van der Waals surface area contributed by atoms with Gasteiger partial charge in [-0.3, -0.25) is 9.69 Å². The number of anilines is 1. The van der Waals surface area contributed by atoms with Gasteiger partial charge in [0.15, 0.2) is 11.7 Å². The van der Waals surface area contributed by atoms with Crippen LogP contribution in [0, 0.1) is 0 Å². The molecule has 1 fully saturated rings. The summed E-state index contributed by atoms with van der Waals surface area (Å²) in [4.78, 5) is 25.4. The first kappa shape index (κ1) is 22.7. The number of hydrogen-bond donors (Lipinski definition) is 1. The molecular formula is C22H26ClN5O3S. The van der Waals surface area contributed by atoms with E-state index in [4.69, 9.17) is 26.8 Å². The first-order valence-electron chi connectivity index (χ1n) is 10.5. The fourth-order valence-corrected chi connectivity index (χ4v) is 4.73. The Bertz CT molecular complexity index is 1080. The number of thiophene rings is 1. The van der Waals surface area contributed by atoms with Crippen LogP contribution < -0.4 is 10.5 Å². The molecule has 1 atom stereocenters. The summed E-state index contributed by atoms with van der Waals surface area (Å²) < 4.78 is 12.0. The number of carbonyl (C=O) groups is 1. The summed E-state index contributed by atoms with van der Waals surface area (Å²) in [6.45, 7) is 5.91. The van der Waals surface area contributed by atoms with E-state index in [0.29, 0.717) is 35.0 Å². The standard InChI is InChI=1S/C22H26ClN5O3S/c1-2-30-12-16-11-27(10-15-3-4-17-18(9-15)25-14-26-22(17)24)7-8-28(16)20(29)13-31-21-6-5-19(23)32-21/h3-6,9,14,16H,2,7-8,10-13H2,1H3,(H2,24,25,26)/t16-/m1/s1. The highest BCUT2D eigenvalue weighted by Crippen LogP contribution is 2.28. The zero-order valence-corrected chi connectivity index (χ0v) is 19.4. The van der Waals surface area contributed by atoms with Gasteiger partial charge in [-0.25, -0.2) is 9.97 Å². The normalized spacial score (nSPS) is 17.1. The summed E-state index contributed by atoms with van der Waals surface area (Å²) in [5, 5.41) is 1.50. The molecule has 3 aromatic rings. The molecule has 0 radical (unpaired) electrons. The van der Waals surface area contributed by atoms with Gasteiger partial charge in [-0.2, -0.15) is 0 Å². The predicted octanol–water partition coefficient (Wildman–Crippen LogP) is 3.06. The van der Waals surface area contributed by atoms with E-state index in [0.717, 1.165) is 36.1 Å². The number of amides is 1. The molecule has 1 aromatic carbocycles. The molecular weight excluding hydrogens is 450 g/mol. The number of hydrogen-bond acceptors (Lipinski definition) is 8. The largest absolute Gasteiger partial charge is 0.474 e. The van der Waals surface area contributed by atoms with Crippen molar-refractivity contribution < 1.29 is 14.3 Å². The predicted molar refractivity (Wildman–Crippen MR) is 126 cm³/mol. The van der Waals surface area contributed by atoms with Gasteiger partial charge in [0, 0.05) is 38.2 Å². The number of carbonyl (C=O) groups excluding carboxylic acids is 1. The minimum absolute atomic E-state index is 0.00866. The maximum Gasteiger partial charge on any atom is 0.260 e. The van der Waals surface area contributed by atoms with E-state index in [-0.39, 0.29) is 18.6 Å². The van der Waals surface area contributed by atoms with Gasteiger partial charge >= 0.3 is 0 Å². The monoisotopic (exact) mass is 475 g/mol. The highest BCUT2D eigenvalue weighted by atomic mass is 35.5. The fourth-order valence-electron chi connectivity index (χ4n) is 3.86. The Morgan fingerprint density at radius 3 is 2.94 bits per heavy atom. The molecule has 32 heavy (non-hydrogen) atoms. The van der Waals surface area contributed by atoms with Crippen molar-refractivity contribution in [3.05, 3.63) is 46.6 Å². The van der Waals surface area contributed by atoms with Gasteiger partial charge in [-0.05, 0) is 36.8 Å². The van der Waals surface area contributed by atoms with Crippen LogP contribution in [0.15, 0.2) is 36.7 Å². The first-order valence-corrected chi connectivity index (χ1v) is 11.7. The van der Waals surface area contributed by atoms with Crippen LogP contribution in [-0.2, 0) is 16.1 Å². The number of nitrogens with zero attached hydrogens (tertiary/aromatic N) is 4. The van der Waals surface area contributed by atoms with Crippen molar-refractivity contribution in [1.29, 1.82) is 0 Å². The third kappa shape index (κ3) is 5.47. The van der Waals surface area contributed by atoms with Gasteiger partial charge in [0.05, 0.1) is 22.5 Å². The summed E-state index contributed by atoms with van der Waals surface area (Å²) in [7, 11) is 0. The third-order valence-electron chi connectivity index (χ3n) is 5.43. The Kier molecular flexibility index (Phi) is 7.41. The van der Waals surface area contributed by atoms with E-state index in [2.05, 4.69) is 20.9 Å². The molecule has 1 amide bonds. The number of halogens is 1. The minimum atomic E-state index is -0.0447. The van der Waals surface area contributed by atoms with E-state index >= 15 is 0 Å². The molecule has 170 valence electrons. The number of piperazine rings is 1. The van der Waals surface area contributed by atoms with Crippen LogP contribution in [0.1, 0.15) is 12.5 Å². The number of aromatic nitrogens is 2. The lowest BCUT2D eigenvalue weighted by molar-refractivity contribution is -0.140. The Morgan fingerprint density at radius 2 is 2.16 bits per heavy atom. The number of nitrogen functional groups attached to an aromatic ring is 1. The Labute approximate surface area is 195 Å². The van der Waals surface area contributed by atoms with Crippen molar-refractivity contribution in [2.45, 2.75) is 19.5 Å². The van der Waals surface area contributed by atoms with Crippen LogP contribution in [-0.4, -0.2) is 71.2 Å². The summed E-state index contributed by atoms with van der Waals surface area (Å²) in [6, 6.07) is 9.56. The van der Waals surface area contributed by atoms with Crippen molar-refractivity contribution in [3.63, 3.8) is 0 Å². The molecule has 3 heterocycles. The summed E-state index contributed by atoms with van der Waals surface area (Å²) in [6.07, 6.45) is 1.48. The minimum Gasteiger partial charge on any atom is -0.474 e. The van der Waals surface area contributed by atoms with E-state index in [1.54, 1.807) is 12.1 Å². The van der Waals surface area contributed by atoms with E-state index < -0.39 is 0 Å². The van der Waals surface area contributed by atoms with Crippen molar-refractivity contribution in [1.82, 2.24) is 19.8 Å². The molecule has 8 nitrogen and oxygen atoms in total. The van der Waals surface area contributed by atoms with Crippen LogP contribution in [0.5, 0.6) is 5.06 Å². The molecule has 1 aliphatic rings. The van der Waals surface area contributed by atoms with Gasteiger partial charge in [0.2, 0.25) is 0 Å². The van der Waals surface area contributed by atoms with E-state index in [9.17, 15) is 4.79 Å². The van der Waals surface area contributed by atoms with Gasteiger partial charge in [-0.1, -0.05) is 29.0 Å². The molecule has 10 heteroatoms. The first-order chi connectivity index (χ1) is 15.5. The zero-order chi connectivity index (χ0) is 22.5. The molecule has 0 unspecified atom stereocenters. The molecule has 2 N–H and O–H groups in total. The molecule has 0 spiro atoms. The van der Waals surface area contributed by atoms with Gasteiger partial charge in [0.1, 0.15) is 12.1 Å². The van der Waals surface area contributed by atoms with Crippen LogP contribution >= 0.6 is 22.9 Å². The molecule has 1 saturated heterocycles. The number of rotatable bonds is 8. The van der Waals surface area contributed by atoms with Gasteiger partial charge in [-0.15, -0.1) is 0 Å².